The number of rotatable bonds is 7. The molecular weight excluding hydrogens is 282 g/mol. The van der Waals surface area contributed by atoms with Gasteiger partial charge in [0.2, 0.25) is 0 Å². The van der Waals surface area contributed by atoms with Gasteiger partial charge in [-0.25, -0.2) is 4.79 Å². The Labute approximate surface area is 130 Å². The summed E-state index contributed by atoms with van der Waals surface area (Å²) in [6.07, 6.45) is 1.28. The molecular formula is C16H23N3O3. The number of allylic oxidation sites excluding steroid dienone is 1. The van der Waals surface area contributed by atoms with Gasteiger partial charge in [0.25, 0.3) is 5.91 Å². The van der Waals surface area contributed by atoms with E-state index < -0.39 is 5.97 Å². The van der Waals surface area contributed by atoms with Crippen LogP contribution in [0.4, 0.5) is 5.69 Å². The van der Waals surface area contributed by atoms with Crippen LogP contribution in [0.1, 0.15) is 25.0 Å². The maximum Gasteiger partial charge on any atom is 0.332 e. The molecule has 0 aliphatic heterocycles. The largest absolute Gasteiger partial charge is 0.463 e. The molecule has 6 nitrogen and oxygen atoms in total. The van der Waals surface area contributed by atoms with Crippen molar-refractivity contribution >= 4 is 17.6 Å². The number of carbonyl (C=O) groups excluding carboxylic acids is 2. The lowest BCUT2D eigenvalue weighted by molar-refractivity contribution is -0.137. The molecule has 6 heteroatoms. The van der Waals surface area contributed by atoms with Gasteiger partial charge in [0.05, 0.1) is 13.2 Å². The predicted octanol–water partition coefficient (Wildman–Crippen LogP) is 1.80. The summed E-state index contributed by atoms with van der Waals surface area (Å²) in [5.74, 6) is -0.688. The Bertz CT molecular complexity index is 568. The first kappa shape index (κ1) is 17.6. The Kier molecular flexibility index (Phi) is 6.95. The van der Waals surface area contributed by atoms with E-state index in [4.69, 9.17) is 4.74 Å². The molecule has 1 amide bonds. The fraction of sp³-hybridized carbons (Fsp3) is 0.375. The summed E-state index contributed by atoms with van der Waals surface area (Å²) < 4.78 is 4.77. The minimum atomic E-state index is -0.449. The van der Waals surface area contributed by atoms with Crippen molar-refractivity contribution in [3.05, 3.63) is 41.1 Å². The summed E-state index contributed by atoms with van der Waals surface area (Å²) in [5, 5.41) is 3.06. The van der Waals surface area contributed by atoms with Gasteiger partial charge in [0, 0.05) is 17.5 Å². The normalized spacial score (nSPS) is 10.8. The van der Waals surface area contributed by atoms with Crippen LogP contribution in [0.3, 0.4) is 0 Å². The number of amides is 1. The zero-order valence-corrected chi connectivity index (χ0v) is 13.4. The molecule has 0 bridgehead atoms. The molecule has 0 radical (unpaired) electrons. The third kappa shape index (κ3) is 6.30. The standard InChI is InChI=1S/C16H23N3O3/c1-5-22-16(21)9-13(4)18-19-15(20)10-17-14-7-6-11(2)8-12(14)3/h6-9,17-18H,5,10H2,1-4H3,(H,19,20). The Morgan fingerprint density at radius 2 is 1.95 bits per heavy atom. The van der Waals surface area contributed by atoms with Gasteiger partial charge in [-0.1, -0.05) is 17.7 Å². The molecule has 0 aliphatic rings. The molecule has 0 spiro atoms. The molecule has 1 aromatic carbocycles. The molecule has 0 unspecified atom stereocenters. The molecule has 0 aliphatic carbocycles. The van der Waals surface area contributed by atoms with Gasteiger partial charge in [-0.3, -0.25) is 10.2 Å². The number of hydrogen-bond donors (Lipinski definition) is 3. The van der Waals surface area contributed by atoms with Crippen molar-refractivity contribution < 1.29 is 14.3 Å². The van der Waals surface area contributed by atoms with Crippen LogP contribution in [-0.2, 0) is 14.3 Å². The van der Waals surface area contributed by atoms with Crippen molar-refractivity contribution in [2.75, 3.05) is 18.5 Å². The highest BCUT2D eigenvalue weighted by atomic mass is 16.5. The number of aryl methyl sites for hydroxylation is 2. The van der Waals surface area contributed by atoms with Crippen LogP contribution < -0.4 is 16.2 Å². The number of esters is 1. The topological polar surface area (TPSA) is 79.5 Å². The number of anilines is 1. The molecule has 0 fully saturated rings. The van der Waals surface area contributed by atoms with Crippen molar-refractivity contribution in [1.82, 2.24) is 10.9 Å². The average Bonchev–Trinajstić information content (AvgIpc) is 2.44. The summed E-state index contributed by atoms with van der Waals surface area (Å²) in [6, 6.07) is 5.97. The van der Waals surface area contributed by atoms with Gasteiger partial charge >= 0.3 is 5.97 Å². The summed E-state index contributed by atoms with van der Waals surface area (Å²) in [4.78, 5) is 22.9. The fourth-order valence-corrected chi connectivity index (χ4v) is 1.80. The molecule has 120 valence electrons. The zero-order valence-electron chi connectivity index (χ0n) is 13.4. The van der Waals surface area contributed by atoms with E-state index in [0.717, 1.165) is 11.3 Å². The van der Waals surface area contributed by atoms with Crippen molar-refractivity contribution in [3.63, 3.8) is 0 Å². The van der Waals surface area contributed by atoms with Crippen molar-refractivity contribution in [2.24, 2.45) is 0 Å². The van der Waals surface area contributed by atoms with Crippen LogP contribution in [0, 0.1) is 13.8 Å². The van der Waals surface area contributed by atoms with Gasteiger partial charge in [0.1, 0.15) is 0 Å². The van der Waals surface area contributed by atoms with Crippen LogP contribution in [0.15, 0.2) is 30.0 Å². The molecule has 0 aromatic heterocycles. The number of hydrazine groups is 1. The molecule has 3 N–H and O–H groups in total. The summed E-state index contributed by atoms with van der Waals surface area (Å²) >= 11 is 0. The smallest absolute Gasteiger partial charge is 0.332 e. The van der Waals surface area contributed by atoms with Crippen molar-refractivity contribution in [1.29, 1.82) is 0 Å². The van der Waals surface area contributed by atoms with Gasteiger partial charge < -0.3 is 15.5 Å². The number of ether oxygens (including phenoxy) is 1. The zero-order chi connectivity index (χ0) is 16.5. The van der Waals surface area contributed by atoms with Crippen LogP contribution in [0.2, 0.25) is 0 Å². The highest BCUT2D eigenvalue weighted by Crippen LogP contribution is 2.15. The fourth-order valence-electron chi connectivity index (χ4n) is 1.80. The van der Waals surface area contributed by atoms with Crippen molar-refractivity contribution in [3.8, 4) is 0 Å². The molecule has 0 saturated heterocycles. The quantitative estimate of drug-likeness (QED) is 0.407. The van der Waals surface area contributed by atoms with Gasteiger partial charge in [0.15, 0.2) is 0 Å². The van der Waals surface area contributed by atoms with Gasteiger partial charge in [-0.15, -0.1) is 0 Å². The molecule has 0 saturated carbocycles. The number of nitrogens with one attached hydrogen (secondary N) is 3. The van der Waals surface area contributed by atoms with E-state index in [2.05, 4.69) is 16.2 Å². The van der Waals surface area contributed by atoms with E-state index in [9.17, 15) is 9.59 Å². The summed E-state index contributed by atoms with van der Waals surface area (Å²) in [5.41, 5.74) is 8.83. The minimum Gasteiger partial charge on any atom is -0.463 e. The Morgan fingerprint density at radius 1 is 1.23 bits per heavy atom. The van der Waals surface area contributed by atoms with Crippen molar-refractivity contribution in [2.45, 2.75) is 27.7 Å². The van der Waals surface area contributed by atoms with E-state index in [0.29, 0.717) is 12.3 Å². The first-order valence-electron chi connectivity index (χ1n) is 7.13. The van der Waals surface area contributed by atoms with Gasteiger partial charge in [-0.05, 0) is 39.3 Å². The highest BCUT2D eigenvalue weighted by Gasteiger charge is 2.04. The second kappa shape index (κ2) is 8.71. The van der Waals surface area contributed by atoms with Crippen LogP contribution in [0.5, 0.6) is 0 Å². The summed E-state index contributed by atoms with van der Waals surface area (Å²) in [7, 11) is 0. The maximum absolute atomic E-state index is 11.7. The van der Waals surface area contributed by atoms with Gasteiger partial charge in [-0.2, -0.15) is 0 Å². The lowest BCUT2D eigenvalue weighted by Gasteiger charge is -2.12. The molecule has 1 rings (SSSR count). The number of carbonyl (C=O) groups is 2. The van der Waals surface area contributed by atoms with Crippen LogP contribution in [0.25, 0.3) is 0 Å². The van der Waals surface area contributed by atoms with E-state index in [-0.39, 0.29) is 12.5 Å². The summed E-state index contributed by atoms with van der Waals surface area (Å²) in [6.45, 7) is 7.84. The molecule has 22 heavy (non-hydrogen) atoms. The second-order valence-electron chi connectivity index (χ2n) is 4.92. The first-order chi connectivity index (χ1) is 10.4. The van der Waals surface area contributed by atoms with Crippen LogP contribution in [-0.4, -0.2) is 25.0 Å². The Hall–Kier alpha value is -2.50. The van der Waals surface area contributed by atoms with E-state index in [1.165, 1.54) is 11.6 Å². The molecule has 1 aromatic rings. The minimum absolute atomic E-state index is 0.129. The Balaban J connectivity index is 2.39. The second-order valence-corrected chi connectivity index (χ2v) is 4.92. The van der Waals surface area contributed by atoms with Crippen LogP contribution >= 0.6 is 0 Å². The van der Waals surface area contributed by atoms with E-state index in [1.807, 2.05) is 32.0 Å². The molecule has 0 atom stereocenters. The van der Waals surface area contributed by atoms with E-state index in [1.54, 1.807) is 13.8 Å². The lowest BCUT2D eigenvalue weighted by Crippen LogP contribution is -2.39. The number of hydrogen-bond acceptors (Lipinski definition) is 5. The third-order valence-electron chi connectivity index (χ3n) is 2.84. The molecule has 0 heterocycles. The highest BCUT2D eigenvalue weighted by molar-refractivity contribution is 5.83. The predicted molar refractivity (Wildman–Crippen MR) is 86.1 cm³/mol. The SMILES string of the molecule is CCOC(=O)C=C(C)NNC(=O)CNc1ccc(C)cc1C. The lowest BCUT2D eigenvalue weighted by atomic mass is 10.1. The first-order valence-corrected chi connectivity index (χ1v) is 7.13. The number of benzene rings is 1. The Morgan fingerprint density at radius 3 is 2.59 bits per heavy atom. The maximum atomic E-state index is 11.7. The third-order valence-corrected chi connectivity index (χ3v) is 2.84. The average molecular weight is 305 g/mol. The van der Waals surface area contributed by atoms with E-state index >= 15 is 0 Å². The monoisotopic (exact) mass is 305 g/mol.